The summed E-state index contributed by atoms with van der Waals surface area (Å²) in [6.07, 6.45) is 4.59. The number of aromatic nitrogens is 1. The summed E-state index contributed by atoms with van der Waals surface area (Å²) in [7, 11) is 1.51. The van der Waals surface area contributed by atoms with Crippen molar-refractivity contribution in [2.45, 2.75) is 24.9 Å². The number of ether oxygens (including phenoxy) is 1. The lowest BCUT2D eigenvalue weighted by molar-refractivity contribution is -0.123. The molecule has 2 N–H and O–H groups in total. The van der Waals surface area contributed by atoms with Crippen molar-refractivity contribution in [2.24, 2.45) is 5.73 Å². The molecule has 1 aliphatic carbocycles. The highest BCUT2D eigenvalue weighted by Gasteiger charge is 2.40. The van der Waals surface area contributed by atoms with Crippen LogP contribution in [-0.2, 0) is 11.2 Å². The molecule has 0 saturated heterocycles. The fourth-order valence-corrected chi connectivity index (χ4v) is 4.42. The van der Waals surface area contributed by atoms with Gasteiger partial charge in [-0.2, -0.15) is 0 Å². The van der Waals surface area contributed by atoms with Crippen molar-refractivity contribution in [3.63, 3.8) is 0 Å². The minimum absolute atomic E-state index is 0.345. The summed E-state index contributed by atoms with van der Waals surface area (Å²) < 4.78 is 5.42. The van der Waals surface area contributed by atoms with Gasteiger partial charge in [0, 0.05) is 23.0 Å². The first-order chi connectivity index (χ1) is 15.0. The molecule has 0 radical (unpaired) electrons. The van der Waals surface area contributed by atoms with Gasteiger partial charge in [-0.05, 0) is 54.3 Å². The number of hydrogen-bond acceptors (Lipinski definition) is 4. The molecule has 0 saturated carbocycles. The summed E-state index contributed by atoms with van der Waals surface area (Å²) in [5, 5.41) is 0.576. The Morgan fingerprint density at radius 3 is 2.71 bits per heavy atom. The molecule has 4 rings (SSSR count). The number of carbonyl (C=O) groups is 2. The summed E-state index contributed by atoms with van der Waals surface area (Å²) in [4.78, 5) is 32.3. The Labute approximate surface area is 185 Å². The highest BCUT2D eigenvalue weighted by Crippen LogP contribution is 2.42. The van der Waals surface area contributed by atoms with Crippen molar-refractivity contribution in [3.05, 3.63) is 94.3 Å². The minimum Gasteiger partial charge on any atom is -0.496 e. The smallest absolute Gasteiger partial charge is 0.259 e. The lowest BCUT2D eigenvalue weighted by Gasteiger charge is -2.36. The monoisotopic (exact) mass is 435 g/mol. The molecule has 0 unspecified atom stereocenters. The molecule has 3 aromatic rings. The van der Waals surface area contributed by atoms with Gasteiger partial charge in [-0.25, -0.2) is 0 Å². The van der Waals surface area contributed by atoms with Crippen LogP contribution in [0.15, 0.2) is 67.0 Å². The van der Waals surface area contributed by atoms with Crippen molar-refractivity contribution in [1.82, 2.24) is 9.88 Å². The molecule has 0 fully saturated rings. The molecule has 2 atom stereocenters. The van der Waals surface area contributed by atoms with Crippen LogP contribution in [-0.4, -0.2) is 28.8 Å². The molecule has 1 aliphatic rings. The van der Waals surface area contributed by atoms with E-state index in [1.54, 1.807) is 53.7 Å². The zero-order valence-corrected chi connectivity index (χ0v) is 17.8. The number of halogens is 1. The van der Waals surface area contributed by atoms with E-state index in [9.17, 15) is 9.59 Å². The SMILES string of the molecule is COc1ccccc1C(=O)N([C@@H]1CCc2ccc(Cl)cc21)[C@@H](C(N)=O)c1cccnc1. The topological polar surface area (TPSA) is 85.5 Å². The van der Waals surface area contributed by atoms with Crippen LogP contribution in [0.4, 0.5) is 0 Å². The number of nitrogens with two attached hydrogens (primary N) is 1. The second-order valence-electron chi connectivity index (χ2n) is 7.40. The Bertz CT molecular complexity index is 1120. The molecule has 158 valence electrons. The number of carbonyl (C=O) groups excluding carboxylic acids is 2. The largest absolute Gasteiger partial charge is 0.496 e. The van der Waals surface area contributed by atoms with E-state index in [4.69, 9.17) is 22.1 Å². The summed E-state index contributed by atoms with van der Waals surface area (Å²) in [5.74, 6) is -0.550. The van der Waals surface area contributed by atoms with Gasteiger partial charge in [0.25, 0.3) is 5.91 Å². The number of aryl methyl sites for hydroxylation is 1. The molecule has 1 aromatic heterocycles. The van der Waals surface area contributed by atoms with E-state index in [1.807, 2.05) is 18.2 Å². The number of primary amides is 1. The Hall–Kier alpha value is -3.38. The van der Waals surface area contributed by atoms with Gasteiger partial charge in [-0.1, -0.05) is 35.9 Å². The van der Waals surface area contributed by atoms with Gasteiger partial charge in [0.05, 0.1) is 18.7 Å². The Kier molecular flexibility index (Phi) is 5.91. The van der Waals surface area contributed by atoms with Gasteiger partial charge in [0.2, 0.25) is 5.91 Å². The lowest BCUT2D eigenvalue weighted by Crippen LogP contribution is -2.43. The Morgan fingerprint density at radius 2 is 2.00 bits per heavy atom. The van der Waals surface area contributed by atoms with Gasteiger partial charge in [-0.3, -0.25) is 14.6 Å². The average molecular weight is 436 g/mol. The highest BCUT2D eigenvalue weighted by molar-refractivity contribution is 6.30. The third kappa shape index (κ3) is 3.99. The lowest BCUT2D eigenvalue weighted by atomic mass is 9.98. The number of para-hydroxylation sites is 1. The summed E-state index contributed by atoms with van der Waals surface area (Å²) >= 11 is 6.27. The van der Waals surface area contributed by atoms with Crippen molar-refractivity contribution >= 4 is 23.4 Å². The quantitative estimate of drug-likeness (QED) is 0.631. The predicted octanol–water partition coefficient (Wildman–Crippen LogP) is 4.10. The molecular weight excluding hydrogens is 414 g/mol. The molecule has 0 aliphatic heterocycles. The van der Waals surface area contributed by atoms with Gasteiger partial charge >= 0.3 is 0 Å². The number of rotatable bonds is 6. The zero-order chi connectivity index (χ0) is 22.0. The number of fused-ring (bicyclic) bond motifs is 1. The number of methoxy groups -OCH3 is 1. The highest BCUT2D eigenvalue weighted by atomic mass is 35.5. The Balaban J connectivity index is 1.88. The number of amides is 2. The van der Waals surface area contributed by atoms with Gasteiger partial charge in [-0.15, -0.1) is 0 Å². The third-order valence-corrected chi connectivity index (χ3v) is 5.84. The molecule has 31 heavy (non-hydrogen) atoms. The summed E-state index contributed by atoms with van der Waals surface area (Å²) in [5.41, 5.74) is 8.78. The molecule has 0 spiro atoms. The van der Waals surface area contributed by atoms with Crippen LogP contribution in [0.25, 0.3) is 0 Å². The van der Waals surface area contributed by atoms with Crippen LogP contribution in [0.5, 0.6) is 5.75 Å². The summed E-state index contributed by atoms with van der Waals surface area (Å²) in [6, 6.07) is 14.7. The van der Waals surface area contributed by atoms with Crippen molar-refractivity contribution in [2.75, 3.05) is 7.11 Å². The maximum atomic E-state index is 13.9. The fourth-order valence-electron chi connectivity index (χ4n) is 4.24. The molecule has 1 heterocycles. The van der Waals surface area contributed by atoms with E-state index in [2.05, 4.69) is 4.98 Å². The fraction of sp³-hybridized carbons (Fsp3) is 0.208. The number of pyridine rings is 1. The molecule has 0 bridgehead atoms. The van der Waals surface area contributed by atoms with E-state index in [-0.39, 0.29) is 11.9 Å². The van der Waals surface area contributed by atoms with Crippen LogP contribution >= 0.6 is 11.6 Å². The van der Waals surface area contributed by atoms with E-state index < -0.39 is 11.9 Å². The maximum Gasteiger partial charge on any atom is 0.259 e. The molecule has 7 heteroatoms. The van der Waals surface area contributed by atoms with E-state index >= 15 is 0 Å². The maximum absolute atomic E-state index is 13.9. The van der Waals surface area contributed by atoms with Crippen LogP contribution in [0.1, 0.15) is 45.6 Å². The van der Waals surface area contributed by atoms with Gasteiger partial charge in [0.15, 0.2) is 0 Å². The van der Waals surface area contributed by atoms with Crippen molar-refractivity contribution in [1.29, 1.82) is 0 Å². The van der Waals surface area contributed by atoms with Crippen LogP contribution in [0.3, 0.4) is 0 Å². The van der Waals surface area contributed by atoms with E-state index in [0.29, 0.717) is 28.3 Å². The first-order valence-corrected chi connectivity index (χ1v) is 10.3. The second-order valence-corrected chi connectivity index (χ2v) is 7.84. The molecular formula is C24H22ClN3O3. The average Bonchev–Trinajstić information content (AvgIpc) is 3.19. The minimum atomic E-state index is -0.999. The van der Waals surface area contributed by atoms with Gasteiger partial charge < -0.3 is 15.4 Å². The molecule has 2 aromatic carbocycles. The normalized spacial score (nSPS) is 15.7. The van der Waals surface area contributed by atoms with Gasteiger partial charge in [0.1, 0.15) is 11.8 Å². The third-order valence-electron chi connectivity index (χ3n) is 5.61. The number of hydrogen-bond donors (Lipinski definition) is 1. The number of benzene rings is 2. The number of nitrogens with zero attached hydrogens (tertiary/aromatic N) is 2. The van der Waals surface area contributed by atoms with Crippen LogP contribution in [0, 0.1) is 0 Å². The predicted molar refractivity (Wildman–Crippen MR) is 118 cm³/mol. The van der Waals surface area contributed by atoms with E-state index in [1.165, 1.54) is 7.11 Å². The first kappa shape index (κ1) is 20.9. The second kappa shape index (κ2) is 8.78. The first-order valence-electron chi connectivity index (χ1n) is 9.94. The van der Waals surface area contributed by atoms with Crippen LogP contribution in [0.2, 0.25) is 5.02 Å². The zero-order valence-electron chi connectivity index (χ0n) is 17.0. The van der Waals surface area contributed by atoms with Crippen molar-refractivity contribution < 1.29 is 14.3 Å². The van der Waals surface area contributed by atoms with Crippen molar-refractivity contribution in [3.8, 4) is 5.75 Å². The van der Waals surface area contributed by atoms with Crippen LogP contribution < -0.4 is 10.5 Å². The Morgan fingerprint density at radius 1 is 1.19 bits per heavy atom. The molecule has 2 amide bonds. The summed E-state index contributed by atoms with van der Waals surface area (Å²) in [6.45, 7) is 0. The molecule has 6 nitrogen and oxygen atoms in total. The van der Waals surface area contributed by atoms with E-state index in [0.717, 1.165) is 17.5 Å². The standard InChI is InChI=1S/C24H22ClN3O3/c1-31-21-7-3-2-6-18(21)24(30)28(22(23(26)29)16-5-4-12-27-14-16)20-11-9-15-8-10-17(25)13-19(15)20/h2-8,10,12-14,20,22H,9,11H2,1H3,(H2,26,29)/t20-,22-/m1/s1.